The fourth-order valence-electron chi connectivity index (χ4n) is 1.78. The fourth-order valence-corrected chi connectivity index (χ4v) is 1.90. The Bertz CT molecular complexity index is 731. The lowest BCUT2D eigenvalue weighted by molar-refractivity contribution is -0.385. The second-order valence-electron chi connectivity index (χ2n) is 4.40. The lowest BCUT2D eigenvalue weighted by atomic mass is 10.1. The Morgan fingerprint density at radius 2 is 2.00 bits per heavy atom. The molecule has 21 heavy (non-hydrogen) atoms. The Balaban J connectivity index is 2.34. The maximum atomic E-state index is 12.2. The van der Waals surface area contributed by atoms with E-state index in [4.69, 9.17) is 11.6 Å². The van der Waals surface area contributed by atoms with E-state index in [1.807, 2.05) is 0 Å². The molecule has 0 aromatic heterocycles. The molecule has 0 aliphatic carbocycles. The van der Waals surface area contributed by atoms with Gasteiger partial charge in [0.2, 0.25) is 0 Å². The van der Waals surface area contributed by atoms with Crippen LogP contribution in [0.2, 0.25) is 5.02 Å². The first-order valence-corrected chi connectivity index (χ1v) is 6.31. The summed E-state index contributed by atoms with van der Waals surface area (Å²) in [5.74, 6) is -0.819. The van der Waals surface area contributed by atoms with Crippen molar-refractivity contribution < 1.29 is 14.8 Å². The van der Waals surface area contributed by atoms with Crippen LogP contribution in [0.1, 0.15) is 15.9 Å². The number of rotatable bonds is 3. The van der Waals surface area contributed by atoms with Crippen molar-refractivity contribution in [1.29, 1.82) is 0 Å². The van der Waals surface area contributed by atoms with Crippen molar-refractivity contribution in [1.82, 2.24) is 0 Å². The van der Waals surface area contributed by atoms with Crippen molar-refractivity contribution in [2.75, 3.05) is 5.32 Å². The summed E-state index contributed by atoms with van der Waals surface area (Å²) in [6, 6.07) is 8.44. The summed E-state index contributed by atoms with van der Waals surface area (Å²) < 4.78 is 0. The number of phenols is 1. The van der Waals surface area contributed by atoms with Crippen LogP contribution in [0.3, 0.4) is 0 Å². The SMILES string of the molecule is Cc1ccc([N+](=O)[O-])c(C(=O)Nc2ccc(Cl)c(O)c2)c1. The molecule has 0 aliphatic heterocycles. The number of nitro groups is 1. The zero-order valence-electron chi connectivity index (χ0n) is 11.0. The van der Waals surface area contributed by atoms with Gasteiger partial charge in [0.1, 0.15) is 11.3 Å². The molecule has 2 aromatic carbocycles. The van der Waals surface area contributed by atoms with Crippen LogP contribution < -0.4 is 5.32 Å². The normalized spacial score (nSPS) is 10.2. The summed E-state index contributed by atoms with van der Waals surface area (Å²) in [4.78, 5) is 22.5. The molecule has 6 nitrogen and oxygen atoms in total. The van der Waals surface area contributed by atoms with Gasteiger partial charge >= 0.3 is 0 Å². The Kier molecular flexibility index (Phi) is 4.09. The summed E-state index contributed by atoms with van der Waals surface area (Å²) in [6.45, 7) is 1.73. The van der Waals surface area contributed by atoms with E-state index in [-0.39, 0.29) is 27.7 Å². The van der Waals surface area contributed by atoms with Gasteiger partial charge in [-0.25, -0.2) is 0 Å². The second-order valence-corrected chi connectivity index (χ2v) is 4.81. The predicted molar refractivity (Wildman–Crippen MR) is 78.9 cm³/mol. The maximum absolute atomic E-state index is 12.2. The number of anilines is 1. The number of nitrogens with zero attached hydrogens (tertiary/aromatic N) is 1. The van der Waals surface area contributed by atoms with E-state index in [0.717, 1.165) is 5.56 Å². The van der Waals surface area contributed by atoms with Crippen molar-refractivity contribution in [3.05, 3.63) is 62.7 Å². The molecule has 0 heterocycles. The lowest BCUT2D eigenvalue weighted by Gasteiger charge is -2.07. The lowest BCUT2D eigenvalue weighted by Crippen LogP contribution is -2.14. The molecule has 7 heteroatoms. The van der Waals surface area contributed by atoms with Gasteiger partial charge in [0.05, 0.1) is 9.95 Å². The molecule has 2 aromatic rings. The number of aromatic hydroxyl groups is 1. The summed E-state index contributed by atoms with van der Waals surface area (Å²) >= 11 is 5.67. The number of carbonyl (C=O) groups is 1. The van der Waals surface area contributed by atoms with Gasteiger partial charge in [-0.3, -0.25) is 14.9 Å². The van der Waals surface area contributed by atoms with Crippen LogP contribution in [0.15, 0.2) is 36.4 Å². The van der Waals surface area contributed by atoms with E-state index in [1.165, 1.54) is 30.3 Å². The monoisotopic (exact) mass is 306 g/mol. The molecule has 2 N–H and O–H groups in total. The number of nitrogens with one attached hydrogen (secondary N) is 1. The van der Waals surface area contributed by atoms with Crippen LogP contribution in [-0.4, -0.2) is 15.9 Å². The zero-order valence-corrected chi connectivity index (χ0v) is 11.7. The van der Waals surface area contributed by atoms with Gasteiger partial charge in [-0.1, -0.05) is 17.7 Å². The molecule has 0 radical (unpaired) electrons. The van der Waals surface area contributed by atoms with Gasteiger partial charge in [0.15, 0.2) is 0 Å². The standard InChI is InChI=1S/C14H11ClN2O4/c1-8-2-5-12(17(20)21)10(6-8)14(19)16-9-3-4-11(15)13(18)7-9/h2-7,18H,1H3,(H,16,19). The van der Waals surface area contributed by atoms with Gasteiger partial charge in [0.25, 0.3) is 11.6 Å². The van der Waals surface area contributed by atoms with Crippen LogP contribution >= 0.6 is 11.6 Å². The second kappa shape index (κ2) is 5.80. The molecule has 0 atom stereocenters. The summed E-state index contributed by atoms with van der Waals surface area (Å²) in [6.07, 6.45) is 0. The number of carbonyl (C=O) groups excluding carboxylic acids is 1. The summed E-state index contributed by atoms with van der Waals surface area (Å²) in [5, 5.41) is 23.1. The van der Waals surface area contributed by atoms with Crippen molar-refractivity contribution >= 4 is 28.9 Å². The minimum Gasteiger partial charge on any atom is -0.506 e. The fraction of sp³-hybridized carbons (Fsp3) is 0.0714. The number of phenolic OH excluding ortho intramolecular Hbond substituents is 1. The van der Waals surface area contributed by atoms with Crippen LogP contribution in [0.4, 0.5) is 11.4 Å². The molecule has 0 fully saturated rings. The van der Waals surface area contributed by atoms with Crippen molar-refractivity contribution in [3.63, 3.8) is 0 Å². The summed E-state index contributed by atoms with van der Waals surface area (Å²) in [5.41, 5.74) is 0.688. The van der Waals surface area contributed by atoms with Crippen LogP contribution in [0.5, 0.6) is 5.75 Å². The Morgan fingerprint density at radius 1 is 1.29 bits per heavy atom. The van der Waals surface area contributed by atoms with Crippen molar-refractivity contribution in [3.8, 4) is 5.75 Å². The van der Waals surface area contributed by atoms with E-state index in [2.05, 4.69) is 5.32 Å². The molecule has 1 amide bonds. The third kappa shape index (κ3) is 3.29. The van der Waals surface area contributed by atoms with E-state index >= 15 is 0 Å². The van der Waals surface area contributed by atoms with Gasteiger partial charge in [-0.2, -0.15) is 0 Å². The highest BCUT2D eigenvalue weighted by Gasteiger charge is 2.20. The highest BCUT2D eigenvalue weighted by Crippen LogP contribution is 2.27. The largest absolute Gasteiger partial charge is 0.506 e. The average Bonchev–Trinajstić information content (AvgIpc) is 2.42. The number of nitro benzene ring substituents is 1. The predicted octanol–water partition coefficient (Wildman–Crippen LogP) is 3.51. The molecule has 0 saturated carbocycles. The molecular weight excluding hydrogens is 296 g/mol. The first-order chi connectivity index (χ1) is 9.88. The third-order valence-electron chi connectivity index (χ3n) is 2.80. The smallest absolute Gasteiger partial charge is 0.282 e. The Labute approximate surface area is 125 Å². The number of amides is 1. The van der Waals surface area contributed by atoms with E-state index in [1.54, 1.807) is 13.0 Å². The molecular formula is C14H11ClN2O4. The molecule has 108 valence electrons. The molecule has 0 saturated heterocycles. The molecule has 0 spiro atoms. The Morgan fingerprint density at radius 3 is 2.62 bits per heavy atom. The van der Waals surface area contributed by atoms with E-state index in [9.17, 15) is 20.0 Å². The number of hydrogen-bond acceptors (Lipinski definition) is 4. The zero-order chi connectivity index (χ0) is 15.6. The number of hydrogen-bond donors (Lipinski definition) is 2. The van der Waals surface area contributed by atoms with E-state index in [0.29, 0.717) is 0 Å². The van der Waals surface area contributed by atoms with Crippen molar-refractivity contribution in [2.24, 2.45) is 0 Å². The molecule has 0 aliphatic rings. The third-order valence-corrected chi connectivity index (χ3v) is 3.12. The molecule has 0 unspecified atom stereocenters. The van der Waals surface area contributed by atoms with Gasteiger partial charge in [-0.15, -0.1) is 0 Å². The number of halogens is 1. The topological polar surface area (TPSA) is 92.5 Å². The minimum atomic E-state index is -0.632. The van der Waals surface area contributed by atoms with Crippen LogP contribution in [-0.2, 0) is 0 Å². The average molecular weight is 307 g/mol. The minimum absolute atomic E-state index is 0.0468. The Hall–Kier alpha value is -2.60. The van der Waals surface area contributed by atoms with E-state index < -0.39 is 10.8 Å². The van der Waals surface area contributed by atoms with Gasteiger partial charge in [-0.05, 0) is 30.7 Å². The first kappa shape index (κ1) is 14.8. The van der Waals surface area contributed by atoms with Gasteiger partial charge in [0, 0.05) is 17.8 Å². The summed E-state index contributed by atoms with van der Waals surface area (Å²) in [7, 11) is 0. The van der Waals surface area contributed by atoms with Crippen LogP contribution in [0.25, 0.3) is 0 Å². The molecule has 0 bridgehead atoms. The highest BCUT2D eigenvalue weighted by molar-refractivity contribution is 6.32. The first-order valence-electron chi connectivity index (χ1n) is 5.93. The number of aryl methyl sites for hydroxylation is 1. The number of benzene rings is 2. The quantitative estimate of drug-likeness (QED) is 0.670. The van der Waals surface area contributed by atoms with Gasteiger partial charge < -0.3 is 10.4 Å². The molecule has 2 rings (SSSR count). The van der Waals surface area contributed by atoms with Crippen molar-refractivity contribution in [2.45, 2.75) is 6.92 Å². The van der Waals surface area contributed by atoms with Crippen LogP contribution in [0, 0.1) is 17.0 Å². The maximum Gasteiger partial charge on any atom is 0.282 e. The highest BCUT2D eigenvalue weighted by atomic mass is 35.5.